The Labute approximate surface area is 96.4 Å². The zero-order valence-corrected chi connectivity index (χ0v) is 10.2. The maximum Gasteiger partial charge on any atom is 0.130 e. The predicted octanol–water partition coefficient (Wildman–Crippen LogP) is 2.07. The lowest BCUT2D eigenvalue weighted by atomic mass is 10.0. The second-order valence-electron chi connectivity index (χ2n) is 4.49. The fourth-order valence-electron chi connectivity index (χ4n) is 2.13. The summed E-state index contributed by atoms with van der Waals surface area (Å²) in [6.07, 6.45) is 2.43. The molecule has 16 heavy (non-hydrogen) atoms. The van der Waals surface area contributed by atoms with Crippen LogP contribution < -0.4 is 5.32 Å². The fraction of sp³-hybridized carbons (Fsp3) is 0.667. The van der Waals surface area contributed by atoms with Crippen molar-refractivity contribution in [2.75, 3.05) is 11.9 Å². The Bertz CT molecular complexity index is 347. The number of hydrogen-bond donors (Lipinski definition) is 1. The third-order valence-corrected chi connectivity index (χ3v) is 2.80. The Morgan fingerprint density at radius 1 is 1.38 bits per heavy atom. The summed E-state index contributed by atoms with van der Waals surface area (Å²) in [5, 5.41) is 3.46. The van der Waals surface area contributed by atoms with E-state index in [1.807, 2.05) is 19.9 Å². The topological polar surface area (TPSA) is 47.0 Å². The van der Waals surface area contributed by atoms with Crippen LogP contribution in [0.25, 0.3) is 0 Å². The summed E-state index contributed by atoms with van der Waals surface area (Å²) in [5.41, 5.74) is 1.01. The Morgan fingerprint density at radius 3 is 2.88 bits per heavy atom. The molecular formula is C12H19N3O. The van der Waals surface area contributed by atoms with Gasteiger partial charge in [-0.2, -0.15) is 0 Å². The van der Waals surface area contributed by atoms with Gasteiger partial charge in [0.15, 0.2) is 0 Å². The standard InChI is InChI=1S/C12H19N3O/c1-8-6-12(14-10(3)13-8)15-11-4-5-16-9(2)7-11/h6,9,11H,4-5,7H2,1-3H3,(H,13,14,15). The number of rotatable bonds is 2. The minimum atomic E-state index is 0.343. The number of hydrogen-bond acceptors (Lipinski definition) is 4. The molecule has 1 fully saturated rings. The zero-order valence-electron chi connectivity index (χ0n) is 10.2. The van der Waals surface area contributed by atoms with Crippen LogP contribution in [-0.4, -0.2) is 28.7 Å². The second-order valence-corrected chi connectivity index (χ2v) is 4.49. The summed E-state index contributed by atoms with van der Waals surface area (Å²) in [5.74, 6) is 1.76. The van der Waals surface area contributed by atoms with Gasteiger partial charge in [-0.05, 0) is 33.6 Å². The first-order valence-corrected chi connectivity index (χ1v) is 5.84. The molecule has 0 saturated carbocycles. The molecule has 2 unspecified atom stereocenters. The highest BCUT2D eigenvalue weighted by Gasteiger charge is 2.19. The maximum atomic E-state index is 5.52. The van der Waals surface area contributed by atoms with Gasteiger partial charge in [0.25, 0.3) is 0 Å². The summed E-state index contributed by atoms with van der Waals surface area (Å²) in [6, 6.07) is 2.46. The molecule has 0 aliphatic carbocycles. The second kappa shape index (κ2) is 4.78. The smallest absolute Gasteiger partial charge is 0.130 e. The van der Waals surface area contributed by atoms with E-state index in [9.17, 15) is 0 Å². The molecule has 0 aromatic carbocycles. The van der Waals surface area contributed by atoms with Crippen LogP contribution in [0.2, 0.25) is 0 Å². The van der Waals surface area contributed by atoms with Crippen molar-refractivity contribution in [3.63, 3.8) is 0 Å². The lowest BCUT2D eigenvalue weighted by Gasteiger charge is -2.28. The molecule has 1 saturated heterocycles. The van der Waals surface area contributed by atoms with Gasteiger partial charge in [-0.15, -0.1) is 0 Å². The summed E-state index contributed by atoms with van der Waals surface area (Å²) in [7, 11) is 0. The number of ether oxygens (including phenoxy) is 1. The van der Waals surface area contributed by atoms with Gasteiger partial charge in [0.2, 0.25) is 0 Å². The highest BCUT2D eigenvalue weighted by Crippen LogP contribution is 2.17. The molecule has 1 aliphatic heterocycles. The SMILES string of the molecule is Cc1cc(NC2CCOC(C)C2)nc(C)n1. The van der Waals surface area contributed by atoms with Crippen LogP contribution in [0.5, 0.6) is 0 Å². The van der Waals surface area contributed by atoms with Crippen molar-refractivity contribution in [2.45, 2.75) is 45.8 Å². The molecule has 88 valence electrons. The molecule has 0 spiro atoms. The average Bonchev–Trinajstić information content (AvgIpc) is 2.15. The van der Waals surface area contributed by atoms with Gasteiger partial charge < -0.3 is 10.1 Å². The first-order valence-electron chi connectivity index (χ1n) is 5.84. The molecule has 2 heterocycles. The van der Waals surface area contributed by atoms with E-state index in [0.717, 1.165) is 36.8 Å². The molecule has 1 aliphatic rings. The predicted molar refractivity (Wildman–Crippen MR) is 63.6 cm³/mol. The van der Waals surface area contributed by atoms with Crippen LogP contribution in [0, 0.1) is 13.8 Å². The van der Waals surface area contributed by atoms with Crippen molar-refractivity contribution in [3.8, 4) is 0 Å². The average molecular weight is 221 g/mol. The highest BCUT2D eigenvalue weighted by atomic mass is 16.5. The Balaban J connectivity index is 2.02. The van der Waals surface area contributed by atoms with Crippen molar-refractivity contribution >= 4 is 5.82 Å². The number of aromatic nitrogens is 2. The van der Waals surface area contributed by atoms with Crippen molar-refractivity contribution in [1.29, 1.82) is 0 Å². The fourth-order valence-corrected chi connectivity index (χ4v) is 2.13. The van der Waals surface area contributed by atoms with Crippen molar-refractivity contribution in [2.24, 2.45) is 0 Å². The van der Waals surface area contributed by atoms with Crippen molar-refractivity contribution < 1.29 is 4.74 Å². The number of anilines is 1. The van der Waals surface area contributed by atoms with Crippen LogP contribution in [-0.2, 0) is 4.74 Å². The maximum absolute atomic E-state index is 5.52. The number of nitrogens with zero attached hydrogens (tertiary/aromatic N) is 2. The summed E-state index contributed by atoms with van der Waals surface area (Å²) in [6.45, 7) is 6.86. The quantitative estimate of drug-likeness (QED) is 0.830. The Kier molecular flexibility index (Phi) is 3.39. The van der Waals surface area contributed by atoms with Crippen molar-refractivity contribution in [3.05, 3.63) is 17.6 Å². The molecule has 2 atom stereocenters. The van der Waals surface area contributed by atoms with Crippen LogP contribution >= 0.6 is 0 Å². The van der Waals surface area contributed by atoms with Gasteiger partial charge in [0.05, 0.1) is 6.10 Å². The van der Waals surface area contributed by atoms with E-state index in [-0.39, 0.29) is 0 Å². The third-order valence-electron chi connectivity index (χ3n) is 2.80. The van der Waals surface area contributed by atoms with Crippen LogP contribution in [0.4, 0.5) is 5.82 Å². The monoisotopic (exact) mass is 221 g/mol. The first-order chi connectivity index (χ1) is 7.63. The normalized spacial score (nSPS) is 25.4. The molecule has 0 bridgehead atoms. The summed E-state index contributed by atoms with van der Waals surface area (Å²) < 4.78 is 5.52. The highest BCUT2D eigenvalue weighted by molar-refractivity contribution is 5.36. The van der Waals surface area contributed by atoms with Crippen LogP contribution in [0.1, 0.15) is 31.3 Å². The third kappa shape index (κ3) is 2.92. The number of nitrogens with one attached hydrogen (secondary N) is 1. The summed E-state index contributed by atoms with van der Waals surface area (Å²) in [4.78, 5) is 8.66. The molecule has 4 heteroatoms. The lowest BCUT2D eigenvalue weighted by Crippen LogP contribution is -2.32. The molecule has 0 amide bonds. The van der Waals surface area contributed by atoms with Crippen LogP contribution in [0.15, 0.2) is 6.07 Å². The van der Waals surface area contributed by atoms with Gasteiger partial charge in [0.1, 0.15) is 11.6 Å². The minimum absolute atomic E-state index is 0.343. The van der Waals surface area contributed by atoms with Gasteiger partial charge in [-0.25, -0.2) is 9.97 Å². The Hall–Kier alpha value is -1.16. The van der Waals surface area contributed by atoms with Crippen molar-refractivity contribution in [1.82, 2.24) is 9.97 Å². The lowest BCUT2D eigenvalue weighted by molar-refractivity contribution is 0.0232. The van der Waals surface area contributed by atoms with Gasteiger partial charge in [0, 0.05) is 24.4 Å². The minimum Gasteiger partial charge on any atom is -0.378 e. The largest absolute Gasteiger partial charge is 0.378 e. The number of aryl methyl sites for hydroxylation is 2. The molecule has 1 aromatic heterocycles. The first kappa shape index (κ1) is 11.3. The van der Waals surface area contributed by atoms with E-state index in [4.69, 9.17) is 4.74 Å². The van der Waals surface area contributed by atoms with E-state index in [1.165, 1.54) is 0 Å². The molecule has 1 N–H and O–H groups in total. The van der Waals surface area contributed by atoms with E-state index in [2.05, 4.69) is 22.2 Å². The van der Waals surface area contributed by atoms with Gasteiger partial charge >= 0.3 is 0 Å². The Morgan fingerprint density at radius 2 is 2.19 bits per heavy atom. The molecule has 1 aromatic rings. The molecule has 4 nitrogen and oxygen atoms in total. The van der Waals surface area contributed by atoms with Gasteiger partial charge in [-0.3, -0.25) is 0 Å². The zero-order chi connectivity index (χ0) is 11.5. The van der Waals surface area contributed by atoms with E-state index in [1.54, 1.807) is 0 Å². The molecular weight excluding hydrogens is 202 g/mol. The molecule has 0 radical (unpaired) electrons. The van der Waals surface area contributed by atoms with E-state index in [0.29, 0.717) is 12.1 Å². The van der Waals surface area contributed by atoms with E-state index < -0.39 is 0 Å². The van der Waals surface area contributed by atoms with Crippen LogP contribution in [0.3, 0.4) is 0 Å². The summed E-state index contributed by atoms with van der Waals surface area (Å²) >= 11 is 0. The van der Waals surface area contributed by atoms with E-state index >= 15 is 0 Å². The molecule has 2 rings (SSSR count). The van der Waals surface area contributed by atoms with Gasteiger partial charge in [-0.1, -0.05) is 0 Å².